The molecule has 0 bridgehead atoms. The van der Waals surface area contributed by atoms with Crippen molar-refractivity contribution in [3.63, 3.8) is 0 Å². The molecule has 2 heterocycles. The van der Waals surface area contributed by atoms with Crippen LogP contribution < -0.4 is 15.0 Å². The van der Waals surface area contributed by atoms with Gasteiger partial charge < -0.3 is 15.3 Å². The number of amides is 1. The Labute approximate surface area is 140 Å². The minimum atomic E-state index is -0.234. The highest BCUT2D eigenvalue weighted by Crippen LogP contribution is 2.29. The Morgan fingerprint density at radius 3 is 2.96 bits per heavy atom. The maximum atomic E-state index is 11.7. The van der Waals surface area contributed by atoms with Gasteiger partial charge in [-0.1, -0.05) is 42.2 Å². The summed E-state index contributed by atoms with van der Waals surface area (Å²) in [6, 6.07) is 7.19. The van der Waals surface area contributed by atoms with Gasteiger partial charge in [-0.25, -0.2) is 0 Å². The van der Waals surface area contributed by atoms with Crippen LogP contribution in [-0.2, 0) is 11.4 Å². The second kappa shape index (κ2) is 6.39. The van der Waals surface area contributed by atoms with Crippen LogP contribution in [0.4, 0.5) is 0 Å². The Balaban J connectivity index is 1.83. The number of thioether (sulfide) groups is 1. The van der Waals surface area contributed by atoms with Crippen LogP contribution in [0, 0.1) is 12.1 Å². The highest BCUT2D eigenvalue weighted by molar-refractivity contribution is 8.26. The quantitative estimate of drug-likeness (QED) is 0.510. The zero-order chi connectivity index (χ0) is 16.4. The van der Waals surface area contributed by atoms with Crippen molar-refractivity contribution in [3.05, 3.63) is 51.3 Å². The first-order valence-corrected chi connectivity index (χ1v) is 7.79. The van der Waals surface area contributed by atoms with Crippen LogP contribution in [0.2, 0.25) is 0 Å². The van der Waals surface area contributed by atoms with E-state index in [0.29, 0.717) is 36.8 Å². The van der Waals surface area contributed by atoms with Crippen molar-refractivity contribution in [2.75, 3.05) is 0 Å². The number of carbonyl (C=O) groups excluding carboxylic acids is 1. The zero-order valence-electron chi connectivity index (χ0n) is 11.9. The van der Waals surface area contributed by atoms with Crippen LogP contribution in [-0.4, -0.2) is 15.4 Å². The van der Waals surface area contributed by atoms with E-state index in [1.807, 2.05) is 12.1 Å². The molecule has 118 valence electrons. The standard InChI is InChI=1S/C14H11N3O4S2/c1-8-10(17(19)21-16-8)7-20-11-5-3-2-4-9(11)6-12-13(18)15-14(22)23-12/h2-6H,7H2,1H3,(H,15,18,22)/b12-6-. The van der Waals surface area contributed by atoms with Gasteiger partial charge in [0.15, 0.2) is 6.61 Å². The van der Waals surface area contributed by atoms with Gasteiger partial charge in [-0.15, -0.1) is 0 Å². The largest absolute Gasteiger partial charge is 0.484 e. The molecule has 0 atom stereocenters. The molecular formula is C14H11N3O4S2. The highest BCUT2D eigenvalue weighted by Gasteiger charge is 2.22. The maximum absolute atomic E-state index is 11.7. The van der Waals surface area contributed by atoms with Crippen LogP contribution in [0.25, 0.3) is 6.08 Å². The molecule has 3 rings (SSSR count). The van der Waals surface area contributed by atoms with Crippen LogP contribution in [0.15, 0.2) is 33.8 Å². The van der Waals surface area contributed by atoms with Crippen LogP contribution >= 0.6 is 24.0 Å². The molecule has 0 spiro atoms. The van der Waals surface area contributed by atoms with E-state index in [0.717, 1.165) is 0 Å². The Kier molecular flexibility index (Phi) is 4.30. The minimum Gasteiger partial charge on any atom is -0.484 e. The number of ether oxygens (including phenoxy) is 1. The van der Waals surface area contributed by atoms with Crippen molar-refractivity contribution < 1.29 is 19.1 Å². The predicted octanol–water partition coefficient (Wildman–Crippen LogP) is 1.68. The molecule has 23 heavy (non-hydrogen) atoms. The number of aromatic nitrogens is 2. The first-order valence-electron chi connectivity index (χ1n) is 6.56. The Morgan fingerprint density at radius 1 is 1.52 bits per heavy atom. The van der Waals surface area contributed by atoms with Gasteiger partial charge in [0, 0.05) is 17.6 Å². The number of carbonyl (C=O) groups is 1. The molecule has 7 nitrogen and oxygen atoms in total. The van der Waals surface area contributed by atoms with Crippen LogP contribution in [0.1, 0.15) is 17.0 Å². The van der Waals surface area contributed by atoms with E-state index in [-0.39, 0.29) is 12.5 Å². The molecule has 1 fully saturated rings. The maximum Gasteiger partial charge on any atom is 0.263 e. The summed E-state index contributed by atoms with van der Waals surface area (Å²) >= 11 is 6.16. The summed E-state index contributed by atoms with van der Waals surface area (Å²) in [5.74, 6) is 0.300. The van der Waals surface area contributed by atoms with E-state index < -0.39 is 0 Å². The SMILES string of the molecule is Cc1no[n+]([O-])c1COc1ccccc1/C=C1\SC(=S)NC1=O. The summed E-state index contributed by atoms with van der Waals surface area (Å²) in [5.41, 5.74) is 1.47. The normalized spacial score (nSPS) is 16.0. The van der Waals surface area contributed by atoms with Crippen LogP contribution in [0.3, 0.4) is 0 Å². The molecule has 0 radical (unpaired) electrons. The molecule has 9 heteroatoms. The lowest BCUT2D eigenvalue weighted by molar-refractivity contribution is -0.808. The molecule has 0 aliphatic carbocycles. The third-order valence-corrected chi connectivity index (χ3v) is 4.26. The summed E-state index contributed by atoms with van der Waals surface area (Å²) in [6.07, 6.45) is 1.69. The molecule has 2 aromatic rings. The average molecular weight is 349 g/mol. The fourth-order valence-corrected chi connectivity index (χ4v) is 2.96. The summed E-state index contributed by atoms with van der Waals surface area (Å²) < 4.78 is 10.6. The smallest absolute Gasteiger partial charge is 0.263 e. The van der Waals surface area contributed by atoms with Crippen molar-refractivity contribution in [2.45, 2.75) is 13.5 Å². The molecule has 1 saturated heterocycles. The summed E-state index contributed by atoms with van der Waals surface area (Å²) in [5, 5.41) is 17.6. The molecule has 0 saturated carbocycles. The monoisotopic (exact) mass is 349 g/mol. The molecule has 1 amide bonds. The summed E-state index contributed by atoms with van der Waals surface area (Å²) in [6.45, 7) is 1.67. The van der Waals surface area contributed by atoms with E-state index >= 15 is 0 Å². The lowest BCUT2D eigenvalue weighted by atomic mass is 10.2. The lowest BCUT2D eigenvalue weighted by Crippen LogP contribution is -2.29. The predicted molar refractivity (Wildman–Crippen MR) is 87.3 cm³/mol. The summed E-state index contributed by atoms with van der Waals surface area (Å²) in [7, 11) is 0. The van der Waals surface area contributed by atoms with E-state index in [1.54, 1.807) is 25.1 Å². The van der Waals surface area contributed by atoms with Gasteiger partial charge >= 0.3 is 0 Å². The Bertz CT molecular complexity index is 797. The van der Waals surface area contributed by atoms with Gasteiger partial charge in [-0.2, -0.15) is 0 Å². The third-order valence-electron chi connectivity index (χ3n) is 3.10. The number of rotatable bonds is 4. The molecule has 1 aromatic carbocycles. The van der Waals surface area contributed by atoms with Crippen molar-refractivity contribution in [2.24, 2.45) is 0 Å². The number of thiocarbonyl (C=S) groups is 1. The molecule has 0 unspecified atom stereocenters. The van der Waals surface area contributed by atoms with Crippen LogP contribution in [0.5, 0.6) is 5.75 Å². The molecule has 1 aliphatic heterocycles. The highest BCUT2D eigenvalue weighted by atomic mass is 32.2. The number of para-hydroxylation sites is 1. The van der Waals surface area contributed by atoms with Gasteiger partial charge in [0.25, 0.3) is 5.91 Å². The van der Waals surface area contributed by atoms with E-state index in [1.165, 1.54) is 11.8 Å². The third kappa shape index (κ3) is 3.35. The number of hydrogen-bond donors (Lipinski definition) is 1. The van der Waals surface area contributed by atoms with Crippen molar-refractivity contribution in [3.8, 4) is 5.75 Å². The Morgan fingerprint density at radius 2 is 2.30 bits per heavy atom. The minimum absolute atomic E-state index is 0.0107. The second-order valence-corrected chi connectivity index (χ2v) is 6.36. The van der Waals surface area contributed by atoms with Gasteiger partial charge in [-0.3, -0.25) is 9.42 Å². The van der Waals surface area contributed by atoms with E-state index in [4.69, 9.17) is 17.0 Å². The number of nitrogens with zero attached hydrogens (tertiary/aromatic N) is 2. The van der Waals surface area contributed by atoms with Gasteiger partial charge in [-0.05, 0) is 17.0 Å². The van der Waals surface area contributed by atoms with Gasteiger partial charge in [0.2, 0.25) is 11.4 Å². The van der Waals surface area contributed by atoms with Gasteiger partial charge in [0.05, 0.1) is 4.91 Å². The number of nitrogens with one attached hydrogen (secondary N) is 1. The fraction of sp³-hybridized carbons (Fsp3) is 0.143. The van der Waals surface area contributed by atoms with E-state index in [2.05, 4.69) is 15.1 Å². The molecular weight excluding hydrogens is 338 g/mol. The fourth-order valence-electron chi connectivity index (χ4n) is 1.93. The van der Waals surface area contributed by atoms with Crippen molar-refractivity contribution in [1.29, 1.82) is 0 Å². The second-order valence-electron chi connectivity index (χ2n) is 4.64. The number of hydrogen-bond acceptors (Lipinski definition) is 7. The number of benzene rings is 1. The first-order chi connectivity index (χ1) is 11.0. The van der Waals surface area contributed by atoms with Crippen molar-refractivity contribution >= 4 is 40.3 Å². The van der Waals surface area contributed by atoms with Gasteiger partial charge in [0.1, 0.15) is 10.1 Å². The molecule has 1 aromatic heterocycles. The van der Waals surface area contributed by atoms with E-state index in [9.17, 15) is 10.0 Å². The lowest BCUT2D eigenvalue weighted by Gasteiger charge is -2.08. The van der Waals surface area contributed by atoms with Crippen molar-refractivity contribution in [1.82, 2.24) is 10.5 Å². The average Bonchev–Trinajstić information content (AvgIpc) is 3.00. The first kappa shape index (κ1) is 15.5. The number of aryl methyl sites for hydroxylation is 1. The topological polar surface area (TPSA) is 91.3 Å². The molecule has 1 aliphatic rings. The zero-order valence-corrected chi connectivity index (χ0v) is 13.6. The summed E-state index contributed by atoms with van der Waals surface area (Å²) in [4.78, 5) is 12.5. The Hall–Kier alpha value is -2.39. The molecule has 1 N–H and O–H groups in total.